The molecule has 0 radical (unpaired) electrons. The van der Waals surface area contributed by atoms with E-state index in [2.05, 4.69) is 17.1 Å². The summed E-state index contributed by atoms with van der Waals surface area (Å²) in [5.74, 6) is 1.60. The van der Waals surface area contributed by atoms with Crippen LogP contribution < -0.4 is 0 Å². The van der Waals surface area contributed by atoms with Gasteiger partial charge in [0.05, 0.1) is 0 Å². The van der Waals surface area contributed by atoms with E-state index in [1.165, 1.54) is 4.90 Å². The predicted octanol–water partition coefficient (Wildman–Crippen LogP) is 4.10. The highest BCUT2D eigenvalue weighted by molar-refractivity contribution is 8.02. The Balaban J connectivity index is 1.65. The van der Waals surface area contributed by atoms with Crippen molar-refractivity contribution in [2.75, 3.05) is 6.54 Å². The molecule has 0 unspecified atom stereocenters. The van der Waals surface area contributed by atoms with Gasteiger partial charge in [-0.05, 0) is 24.3 Å². The Bertz CT molecular complexity index is 605. The van der Waals surface area contributed by atoms with Crippen LogP contribution in [-0.4, -0.2) is 12.4 Å². The summed E-state index contributed by atoms with van der Waals surface area (Å²) < 4.78 is 5.76. The van der Waals surface area contributed by atoms with Crippen molar-refractivity contribution in [2.24, 2.45) is 4.99 Å². The number of ether oxygens (including phenoxy) is 1. The molecule has 1 aliphatic rings. The molecule has 0 aromatic heterocycles. The average molecular weight is 267 g/mol. The summed E-state index contributed by atoms with van der Waals surface area (Å²) in [7, 11) is 0. The number of rotatable bonds is 3. The fraction of sp³-hybridized carbons (Fsp3) is 0.0625. The first kappa shape index (κ1) is 12.1. The number of hydrogen-bond donors (Lipinski definition) is 0. The Labute approximate surface area is 116 Å². The van der Waals surface area contributed by atoms with Crippen molar-refractivity contribution in [2.45, 2.75) is 4.90 Å². The van der Waals surface area contributed by atoms with E-state index in [0.717, 1.165) is 11.3 Å². The van der Waals surface area contributed by atoms with Gasteiger partial charge in [0.15, 0.2) is 0 Å². The normalized spacial score (nSPS) is 16.2. The van der Waals surface area contributed by atoms with Crippen molar-refractivity contribution >= 4 is 17.7 Å². The van der Waals surface area contributed by atoms with E-state index >= 15 is 0 Å². The second kappa shape index (κ2) is 5.76. The summed E-state index contributed by atoms with van der Waals surface area (Å²) in [5.41, 5.74) is 1.02. The van der Waals surface area contributed by atoms with Gasteiger partial charge in [-0.15, -0.1) is 0 Å². The van der Waals surface area contributed by atoms with Crippen LogP contribution in [-0.2, 0) is 4.74 Å². The zero-order valence-electron chi connectivity index (χ0n) is 10.3. The highest BCUT2D eigenvalue weighted by Gasteiger charge is 2.14. The van der Waals surface area contributed by atoms with Gasteiger partial charge in [0.1, 0.15) is 12.3 Å². The number of hydrogen-bond acceptors (Lipinski definition) is 3. The molecular formula is C16H13NOS. The molecule has 0 aliphatic carbocycles. The topological polar surface area (TPSA) is 21.6 Å². The van der Waals surface area contributed by atoms with Gasteiger partial charge in [0.25, 0.3) is 0 Å². The van der Waals surface area contributed by atoms with Crippen molar-refractivity contribution in [3.63, 3.8) is 0 Å². The number of thioether (sulfide) groups is 1. The molecule has 0 fully saturated rings. The predicted molar refractivity (Wildman–Crippen MR) is 79.3 cm³/mol. The van der Waals surface area contributed by atoms with Gasteiger partial charge >= 0.3 is 0 Å². The van der Waals surface area contributed by atoms with Crippen LogP contribution in [0.15, 0.2) is 81.7 Å². The summed E-state index contributed by atoms with van der Waals surface area (Å²) in [6, 6.07) is 20.2. The van der Waals surface area contributed by atoms with E-state index < -0.39 is 0 Å². The first-order chi connectivity index (χ1) is 9.42. The summed E-state index contributed by atoms with van der Waals surface area (Å²) in [6.45, 7) is 0.615. The molecule has 1 aliphatic heterocycles. The lowest BCUT2D eigenvalue weighted by molar-refractivity contribution is 0.441. The van der Waals surface area contributed by atoms with Crippen molar-refractivity contribution < 1.29 is 4.74 Å². The maximum absolute atomic E-state index is 5.76. The number of benzene rings is 2. The lowest BCUT2D eigenvalue weighted by Crippen LogP contribution is -1.99. The second-order valence-corrected chi connectivity index (χ2v) is 5.05. The Kier molecular flexibility index (Phi) is 3.65. The second-order valence-electron chi connectivity index (χ2n) is 4.10. The zero-order chi connectivity index (χ0) is 12.9. The smallest absolute Gasteiger partial charge is 0.222 e. The van der Waals surface area contributed by atoms with Gasteiger partial charge in [-0.2, -0.15) is 0 Å². The summed E-state index contributed by atoms with van der Waals surface area (Å²) in [4.78, 5) is 5.61. The molecule has 3 rings (SSSR count). The van der Waals surface area contributed by atoms with Crippen molar-refractivity contribution in [1.29, 1.82) is 0 Å². The fourth-order valence-electron chi connectivity index (χ4n) is 1.76. The maximum atomic E-state index is 5.76. The molecule has 0 N–H and O–H groups in total. The first-order valence-corrected chi connectivity index (χ1v) is 6.98. The van der Waals surface area contributed by atoms with Gasteiger partial charge in [-0.3, -0.25) is 0 Å². The zero-order valence-corrected chi connectivity index (χ0v) is 11.1. The van der Waals surface area contributed by atoms with Crippen LogP contribution in [0.25, 0.3) is 0 Å². The van der Waals surface area contributed by atoms with Crippen LogP contribution in [0.5, 0.6) is 0 Å². The third-order valence-electron chi connectivity index (χ3n) is 2.70. The summed E-state index contributed by atoms with van der Waals surface area (Å²) >= 11 is 1.65. The molecule has 0 spiro atoms. The van der Waals surface area contributed by atoms with Gasteiger partial charge < -0.3 is 4.74 Å². The van der Waals surface area contributed by atoms with E-state index in [0.29, 0.717) is 12.4 Å². The molecule has 19 heavy (non-hydrogen) atoms. The Hall–Kier alpha value is -2.00. The SMILES string of the molecule is C(/Sc1ccccc1)=C1\CN=C(c2ccccc2)O1. The minimum absolute atomic E-state index is 0.615. The van der Waals surface area contributed by atoms with Gasteiger partial charge in [-0.1, -0.05) is 48.2 Å². The molecule has 2 nitrogen and oxygen atoms in total. The number of aliphatic imine (C=N–C) groups is 1. The molecule has 0 bridgehead atoms. The summed E-state index contributed by atoms with van der Waals surface area (Å²) in [5, 5.41) is 2.02. The first-order valence-electron chi connectivity index (χ1n) is 6.10. The van der Waals surface area contributed by atoms with Crippen LogP contribution in [0.1, 0.15) is 5.56 Å². The monoisotopic (exact) mass is 267 g/mol. The maximum Gasteiger partial charge on any atom is 0.222 e. The van der Waals surface area contributed by atoms with Crippen molar-refractivity contribution in [3.05, 3.63) is 77.4 Å². The highest BCUT2D eigenvalue weighted by Crippen LogP contribution is 2.23. The van der Waals surface area contributed by atoms with Gasteiger partial charge in [-0.25, -0.2) is 4.99 Å². The van der Waals surface area contributed by atoms with E-state index in [1.54, 1.807) is 11.8 Å². The fourth-order valence-corrected chi connectivity index (χ4v) is 2.47. The highest BCUT2D eigenvalue weighted by atomic mass is 32.2. The van der Waals surface area contributed by atoms with Crippen molar-refractivity contribution in [1.82, 2.24) is 0 Å². The van der Waals surface area contributed by atoms with E-state index in [1.807, 2.05) is 53.9 Å². The standard InChI is InChI=1S/C16H13NOS/c1-3-7-13(8-4-1)16-17-11-14(18-16)12-19-15-9-5-2-6-10-15/h1-10,12H,11H2/b14-12-. The van der Waals surface area contributed by atoms with E-state index in [9.17, 15) is 0 Å². The lowest BCUT2D eigenvalue weighted by atomic mass is 10.2. The molecule has 3 heteroatoms. The average Bonchev–Trinajstić information content (AvgIpc) is 2.96. The molecule has 1 heterocycles. The Morgan fingerprint density at radius 2 is 1.63 bits per heavy atom. The van der Waals surface area contributed by atoms with E-state index in [-0.39, 0.29) is 0 Å². The molecule has 0 saturated carbocycles. The third kappa shape index (κ3) is 3.06. The molecule has 94 valence electrons. The minimum Gasteiger partial charge on any atom is -0.441 e. The van der Waals surface area contributed by atoms with Crippen LogP contribution >= 0.6 is 11.8 Å². The van der Waals surface area contributed by atoms with Crippen LogP contribution in [0, 0.1) is 0 Å². The molecule has 0 amide bonds. The van der Waals surface area contributed by atoms with Crippen LogP contribution in [0.4, 0.5) is 0 Å². The molecule has 0 atom stereocenters. The van der Waals surface area contributed by atoms with Crippen LogP contribution in [0.2, 0.25) is 0 Å². The summed E-state index contributed by atoms with van der Waals surface area (Å²) in [6.07, 6.45) is 0. The Morgan fingerprint density at radius 3 is 2.37 bits per heavy atom. The molecule has 0 saturated heterocycles. The lowest BCUT2D eigenvalue weighted by Gasteiger charge is -2.02. The molecular weight excluding hydrogens is 254 g/mol. The van der Waals surface area contributed by atoms with Crippen LogP contribution in [0.3, 0.4) is 0 Å². The van der Waals surface area contributed by atoms with Gasteiger partial charge in [0.2, 0.25) is 5.90 Å². The third-order valence-corrected chi connectivity index (χ3v) is 3.62. The Morgan fingerprint density at radius 1 is 0.947 bits per heavy atom. The quantitative estimate of drug-likeness (QED) is 0.781. The van der Waals surface area contributed by atoms with Crippen molar-refractivity contribution in [3.8, 4) is 0 Å². The van der Waals surface area contributed by atoms with Gasteiger partial charge in [0, 0.05) is 15.9 Å². The largest absolute Gasteiger partial charge is 0.441 e. The molecule has 2 aromatic carbocycles. The molecule has 2 aromatic rings. The van der Waals surface area contributed by atoms with E-state index in [4.69, 9.17) is 4.74 Å². The number of nitrogens with zero attached hydrogens (tertiary/aromatic N) is 1. The minimum atomic E-state index is 0.615.